The SMILES string of the molecule is CN(Cc1nccn1C)c1ccc(CCl)cc1Cl. The van der Waals surface area contributed by atoms with E-state index in [9.17, 15) is 0 Å². The van der Waals surface area contributed by atoms with Crippen LogP contribution in [0.4, 0.5) is 5.69 Å². The molecule has 0 amide bonds. The summed E-state index contributed by atoms with van der Waals surface area (Å²) in [5.74, 6) is 1.47. The zero-order chi connectivity index (χ0) is 13.1. The number of aryl methyl sites for hydroxylation is 1. The molecule has 0 bridgehead atoms. The van der Waals surface area contributed by atoms with Crippen molar-refractivity contribution < 1.29 is 0 Å². The number of nitrogens with zero attached hydrogens (tertiary/aromatic N) is 3. The summed E-state index contributed by atoms with van der Waals surface area (Å²) in [7, 11) is 3.98. The molecule has 0 aliphatic carbocycles. The van der Waals surface area contributed by atoms with Crippen LogP contribution in [0.15, 0.2) is 30.6 Å². The molecule has 0 saturated carbocycles. The standard InChI is InChI=1S/C13H15Cl2N3/c1-17-6-5-16-13(17)9-18(2)12-4-3-10(8-14)7-11(12)15/h3-7H,8-9H2,1-2H3. The summed E-state index contributed by atoms with van der Waals surface area (Å²) in [5, 5.41) is 0.713. The molecule has 0 aliphatic rings. The van der Waals surface area contributed by atoms with Crippen molar-refractivity contribution in [3.05, 3.63) is 47.0 Å². The highest BCUT2D eigenvalue weighted by atomic mass is 35.5. The highest BCUT2D eigenvalue weighted by molar-refractivity contribution is 6.33. The van der Waals surface area contributed by atoms with Crippen molar-refractivity contribution >= 4 is 28.9 Å². The molecule has 96 valence electrons. The largest absolute Gasteiger partial charge is 0.366 e. The van der Waals surface area contributed by atoms with E-state index in [2.05, 4.69) is 9.88 Å². The van der Waals surface area contributed by atoms with Crippen molar-refractivity contribution in [1.82, 2.24) is 9.55 Å². The molecule has 0 aliphatic heterocycles. The molecule has 1 aromatic carbocycles. The third-order valence-corrected chi connectivity index (χ3v) is 3.49. The molecule has 0 spiro atoms. The zero-order valence-electron chi connectivity index (χ0n) is 10.4. The number of halogens is 2. The minimum absolute atomic E-state index is 0.475. The molecule has 1 heterocycles. The van der Waals surface area contributed by atoms with Gasteiger partial charge in [0.1, 0.15) is 5.82 Å². The van der Waals surface area contributed by atoms with E-state index in [4.69, 9.17) is 23.2 Å². The maximum atomic E-state index is 6.26. The molecule has 3 nitrogen and oxygen atoms in total. The highest BCUT2D eigenvalue weighted by Gasteiger charge is 2.09. The van der Waals surface area contributed by atoms with E-state index < -0.39 is 0 Å². The smallest absolute Gasteiger partial charge is 0.127 e. The first-order chi connectivity index (χ1) is 8.61. The molecule has 2 aromatic rings. The Hall–Kier alpha value is -1.19. The Kier molecular flexibility index (Phi) is 4.15. The number of alkyl halides is 1. The van der Waals surface area contributed by atoms with Gasteiger partial charge in [0.15, 0.2) is 0 Å². The summed E-state index contributed by atoms with van der Waals surface area (Å²) in [5.41, 5.74) is 2.00. The van der Waals surface area contributed by atoms with Crippen LogP contribution in [-0.4, -0.2) is 16.6 Å². The second kappa shape index (κ2) is 5.63. The first-order valence-electron chi connectivity index (χ1n) is 5.63. The van der Waals surface area contributed by atoms with E-state index in [-0.39, 0.29) is 0 Å². The van der Waals surface area contributed by atoms with Crippen molar-refractivity contribution in [2.75, 3.05) is 11.9 Å². The van der Waals surface area contributed by atoms with Crippen LogP contribution in [0.3, 0.4) is 0 Å². The fraction of sp³-hybridized carbons (Fsp3) is 0.308. The average molecular weight is 284 g/mol. The number of hydrogen-bond donors (Lipinski definition) is 0. The molecule has 0 fully saturated rings. The number of benzene rings is 1. The topological polar surface area (TPSA) is 21.1 Å². The predicted molar refractivity (Wildman–Crippen MR) is 76.3 cm³/mol. The van der Waals surface area contributed by atoms with Crippen LogP contribution in [0.1, 0.15) is 11.4 Å². The molecule has 0 radical (unpaired) electrons. The van der Waals surface area contributed by atoms with E-state index in [1.807, 2.05) is 43.1 Å². The molecular weight excluding hydrogens is 269 g/mol. The fourth-order valence-electron chi connectivity index (χ4n) is 1.79. The van der Waals surface area contributed by atoms with Crippen LogP contribution in [0.5, 0.6) is 0 Å². The summed E-state index contributed by atoms with van der Waals surface area (Å²) in [6.07, 6.45) is 3.72. The van der Waals surface area contributed by atoms with Crippen LogP contribution in [-0.2, 0) is 19.5 Å². The number of imidazole rings is 1. The Bertz CT molecular complexity index is 537. The number of rotatable bonds is 4. The Labute approximate surface area is 117 Å². The van der Waals surface area contributed by atoms with Crippen LogP contribution in [0.2, 0.25) is 5.02 Å². The van der Waals surface area contributed by atoms with Gasteiger partial charge >= 0.3 is 0 Å². The van der Waals surface area contributed by atoms with Gasteiger partial charge in [-0.25, -0.2) is 4.98 Å². The van der Waals surface area contributed by atoms with Crippen molar-refractivity contribution in [1.29, 1.82) is 0 Å². The van der Waals surface area contributed by atoms with Gasteiger partial charge in [-0.2, -0.15) is 0 Å². The van der Waals surface area contributed by atoms with Gasteiger partial charge in [0.25, 0.3) is 0 Å². The quantitative estimate of drug-likeness (QED) is 0.802. The van der Waals surface area contributed by atoms with E-state index in [1.54, 1.807) is 6.20 Å². The van der Waals surface area contributed by atoms with Gasteiger partial charge in [0.2, 0.25) is 0 Å². The maximum absolute atomic E-state index is 6.26. The molecule has 0 unspecified atom stereocenters. The summed E-state index contributed by atoms with van der Waals surface area (Å²) in [6, 6.07) is 5.88. The van der Waals surface area contributed by atoms with Gasteiger partial charge in [-0.15, -0.1) is 11.6 Å². The van der Waals surface area contributed by atoms with Gasteiger partial charge in [-0.3, -0.25) is 0 Å². The minimum atomic E-state index is 0.475. The summed E-state index contributed by atoms with van der Waals surface area (Å²) in [6.45, 7) is 0.712. The first kappa shape index (κ1) is 13.2. The van der Waals surface area contributed by atoms with Gasteiger partial charge in [-0.05, 0) is 17.7 Å². The van der Waals surface area contributed by atoms with Crippen LogP contribution in [0.25, 0.3) is 0 Å². The van der Waals surface area contributed by atoms with E-state index in [0.29, 0.717) is 17.4 Å². The maximum Gasteiger partial charge on any atom is 0.127 e. The second-order valence-corrected chi connectivity index (χ2v) is 4.90. The van der Waals surface area contributed by atoms with Crippen molar-refractivity contribution in [3.63, 3.8) is 0 Å². The van der Waals surface area contributed by atoms with Gasteiger partial charge in [-0.1, -0.05) is 17.7 Å². The lowest BCUT2D eigenvalue weighted by Crippen LogP contribution is -2.19. The Morgan fingerprint density at radius 1 is 1.39 bits per heavy atom. The van der Waals surface area contributed by atoms with Crippen molar-refractivity contribution in [2.24, 2.45) is 7.05 Å². The van der Waals surface area contributed by atoms with Gasteiger partial charge in [0.05, 0.1) is 17.3 Å². The van der Waals surface area contributed by atoms with Crippen molar-refractivity contribution in [2.45, 2.75) is 12.4 Å². The third kappa shape index (κ3) is 2.79. The molecule has 0 atom stereocenters. The molecule has 2 rings (SSSR count). The Morgan fingerprint density at radius 2 is 2.17 bits per heavy atom. The fourth-order valence-corrected chi connectivity index (χ4v) is 2.30. The Morgan fingerprint density at radius 3 is 2.72 bits per heavy atom. The zero-order valence-corrected chi connectivity index (χ0v) is 11.9. The number of aromatic nitrogens is 2. The third-order valence-electron chi connectivity index (χ3n) is 2.88. The van der Waals surface area contributed by atoms with Gasteiger partial charge in [0, 0.05) is 32.4 Å². The lowest BCUT2D eigenvalue weighted by Gasteiger charge is -2.20. The minimum Gasteiger partial charge on any atom is -0.366 e. The normalized spacial score (nSPS) is 10.7. The number of hydrogen-bond acceptors (Lipinski definition) is 2. The lowest BCUT2D eigenvalue weighted by atomic mass is 10.2. The van der Waals surface area contributed by atoms with Gasteiger partial charge < -0.3 is 9.47 Å². The summed E-state index contributed by atoms with van der Waals surface area (Å²) >= 11 is 12.0. The molecule has 0 N–H and O–H groups in total. The molecule has 0 saturated heterocycles. The second-order valence-electron chi connectivity index (χ2n) is 4.23. The average Bonchev–Trinajstić information content (AvgIpc) is 2.74. The van der Waals surface area contributed by atoms with Crippen LogP contribution < -0.4 is 4.90 Å². The van der Waals surface area contributed by atoms with E-state index >= 15 is 0 Å². The summed E-state index contributed by atoms with van der Waals surface area (Å²) < 4.78 is 2.00. The Balaban J connectivity index is 2.19. The van der Waals surface area contributed by atoms with E-state index in [1.165, 1.54) is 0 Å². The first-order valence-corrected chi connectivity index (χ1v) is 6.55. The monoisotopic (exact) mass is 283 g/mol. The molecule has 1 aromatic heterocycles. The van der Waals surface area contributed by atoms with Crippen molar-refractivity contribution in [3.8, 4) is 0 Å². The molecule has 5 heteroatoms. The van der Waals surface area contributed by atoms with E-state index in [0.717, 1.165) is 17.1 Å². The van der Waals surface area contributed by atoms with Crippen LogP contribution >= 0.6 is 23.2 Å². The highest BCUT2D eigenvalue weighted by Crippen LogP contribution is 2.27. The molecular formula is C13H15Cl2N3. The lowest BCUT2D eigenvalue weighted by molar-refractivity contribution is 0.761. The number of anilines is 1. The predicted octanol–water partition coefficient (Wildman–Crippen LogP) is 3.45. The summed E-state index contributed by atoms with van der Waals surface area (Å²) in [4.78, 5) is 6.37. The molecule has 18 heavy (non-hydrogen) atoms. The van der Waals surface area contributed by atoms with Crippen LogP contribution in [0, 0.1) is 0 Å².